The van der Waals surface area contributed by atoms with E-state index in [9.17, 15) is 0 Å². The highest BCUT2D eigenvalue weighted by molar-refractivity contribution is 9.10. The van der Waals surface area contributed by atoms with Gasteiger partial charge in [0.05, 0.1) is 0 Å². The minimum atomic E-state index is 0.0338. The van der Waals surface area contributed by atoms with Crippen LogP contribution in [-0.2, 0) is 0 Å². The van der Waals surface area contributed by atoms with E-state index in [0.717, 1.165) is 21.5 Å². The Labute approximate surface area is 111 Å². The van der Waals surface area contributed by atoms with Crippen molar-refractivity contribution in [3.63, 3.8) is 0 Å². The summed E-state index contributed by atoms with van der Waals surface area (Å²) >= 11 is 9.60. The summed E-state index contributed by atoms with van der Waals surface area (Å²) in [4.78, 5) is 0. The third-order valence-electron chi connectivity index (χ3n) is 2.80. The molecule has 1 nitrogen and oxygen atoms in total. The first-order valence-corrected chi connectivity index (χ1v) is 6.92. The predicted octanol–water partition coefficient (Wildman–Crippen LogP) is 4.93. The molecule has 0 amide bonds. The highest BCUT2D eigenvalue weighted by Gasteiger charge is 2.13. The maximum atomic E-state index is 6.19. The van der Waals surface area contributed by atoms with E-state index in [0.29, 0.717) is 5.92 Å². The van der Waals surface area contributed by atoms with Gasteiger partial charge in [-0.25, -0.2) is 0 Å². The predicted molar refractivity (Wildman–Crippen MR) is 74.8 cm³/mol. The van der Waals surface area contributed by atoms with Gasteiger partial charge in [-0.2, -0.15) is 0 Å². The molecule has 0 saturated heterocycles. The fourth-order valence-electron chi connectivity index (χ4n) is 1.97. The van der Waals surface area contributed by atoms with Gasteiger partial charge in [0.2, 0.25) is 0 Å². The Morgan fingerprint density at radius 1 is 1.44 bits per heavy atom. The number of halogens is 2. The molecule has 1 aromatic carbocycles. The molecule has 0 heterocycles. The first-order chi connectivity index (χ1) is 7.54. The van der Waals surface area contributed by atoms with Crippen LogP contribution < -0.4 is 5.73 Å². The van der Waals surface area contributed by atoms with Crippen LogP contribution in [0.2, 0.25) is 5.02 Å². The highest BCUT2D eigenvalue weighted by Crippen LogP contribution is 2.29. The summed E-state index contributed by atoms with van der Waals surface area (Å²) in [7, 11) is 0. The molecule has 0 aromatic heterocycles. The molecule has 0 fully saturated rings. The van der Waals surface area contributed by atoms with Gasteiger partial charge in [-0.15, -0.1) is 0 Å². The quantitative estimate of drug-likeness (QED) is 0.820. The SMILES string of the molecule is CCCC(C)CC(N)c1cc(Br)ccc1Cl. The van der Waals surface area contributed by atoms with Crippen LogP contribution in [0.5, 0.6) is 0 Å². The van der Waals surface area contributed by atoms with Crippen molar-refractivity contribution in [1.82, 2.24) is 0 Å². The van der Waals surface area contributed by atoms with Crippen molar-refractivity contribution >= 4 is 27.5 Å². The van der Waals surface area contributed by atoms with Gasteiger partial charge in [0.1, 0.15) is 0 Å². The van der Waals surface area contributed by atoms with Gasteiger partial charge >= 0.3 is 0 Å². The van der Waals surface area contributed by atoms with Crippen molar-refractivity contribution < 1.29 is 0 Å². The Hall–Kier alpha value is -0.0500. The van der Waals surface area contributed by atoms with Gasteiger partial charge in [0, 0.05) is 15.5 Å². The van der Waals surface area contributed by atoms with E-state index in [1.54, 1.807) is 0 Å². The second-order valence-electron chi connectivity index (χ2n) is 4.40. The summed E-state index contributed by atoms with van der Waals surface area (Å²) in [5.74, 6) is 0.648. The van der Waals surface area contributed by atoms with Crippen molar-refractivity contribution in [3.8, 4) is 0 Å². The van der Waals surface area contributed by atoms with E-state index >= 15 is 0 Å². The summed E-state index contributed by atoms with van der Waals surface area (Å²) in [6, 6.07) is 5.89. The second kappa shape index (κ2) is 6.63. The van der Waals surface area contributed by atoms with E-state index in [2.05, 4.69) is 29.8 Å². The van der Waals surface area contributed by atoms with E-state index in [4.69, 9.17) is 17.3 Å². The van der Waals surface area contributed by atoms with Crippen molar-refractivity contribution in [2.45, 2.75) is 39.2 Å². The first-order valence-electron chi connectivity index (χ1n) is 5.75. The number of nitrogens with two attached hydrogens (primary N) is 1. The molecular formula is C13H19BrClN. The lowest BCUT2D eigenvalue weighted by Gasteiger charge is -2.18. The summed E-state index contributed by atoms with van der Waals surface area (Å²) in [5, 5.41) is 0.763. The summed E-state index contributed by atoms with van der Waals surface area (Å²) in [5.41, 5.74) is 7.23. The minimum Gasteiger partial charge on any atom is -0.324 e. The molecule has 2 N–H and O–H groups in total. The first kappa shape index (κ1) is 14.0. The van der Waals surface area contributed by atoms with Crippen LogP contribution in [-0.4, -0.2) is 0 Å². The smallest absolute Gasteiger partial charge is 0.0454 e. The van der Waals surface area contributed by atoms with Crippen LogP contribution in [0.1, 0.15) is 44.7 Å². The van der Waals surface area contributed by atoms with Gasteiger partial charge in [-0.05, 0) is 36.1 Å². The lowest BCUT2D eigenvalue weighted by atomic mass is 9.93. The molecule has 0 aliphatic rings. The Kier molecular flexibility index (Phi) is 5.81. The number of hydrogen-bond acceptors (Lipinski definition) is 1. The van der Waals surface area contributed by atoms with E-state index < -0.39 is 0 Å². The Bertz CT molecular complexity index is 341. The largest absolute Gasteiger partial charge is 0.324 e. The number of hydrogen-bond donors (Lipinski definition) is 1. The molecule has 90 valence electrons. The van der Waals surface area contributed by atoms with Crippen LogP contribution in [0.3, 0.4) is 0 Å². The normalized spacial score (nSPS) is 14.8. The summed E-state index contributed by atoms with van der Waals surface area (Å²) in [6.45, 7) is 4.45. The van der Waals surface area contributed by atoms with Gasteiger partial charge in [0.15, 0.2) is 0 Å². The Morgan fingerprint density at radius 2 is 2.12 bits per heavy atom. The van der Waals surface area contributed by atoms with Crippen molar-refractivity contribution in [1.29, 1.82) is 0 Å². The molecule has 0 aliphatic carbocycles. The molecule has 3 heteroatoms. The van der Waals surface area contributed by atoms with Crippen molar-refractivity contribution in [2.24, 2.45) is 11.7 Å². The second-order valence-corrected chi connectivity index (χ2v) is 5.72. The zero-order valence-corrected chi connectivity index (χ0v) is 12.2. The molecular weight excluding hydrogens is 286 g/mol. The Balaban J connectivity index is 2.72. The van der Waals surface area contributed by atoms with Crippen LogP contribution in [0.25, 0.3) is 0 Å². The molecule has 1 rings (SSSR count). The molecule has 2 unspecified atom stereocenters. The standard InChI is InChI=1S/C13H19BrClN/c1-3-4-9(2)7-13(16)11-8-10(14)5-6-12(11)15/h5-6,8-9,13H,3-4,7,16H2,1-2H3. The highest BCUT2D eigenvalue weighted by atomic mass is 79.9. The maximum Gasteiger partial charge on any atom is 0.0454 e. The van der Waals surface area contributed by atoms with E-state index in [-0.39, 0.29) is 6.04 Å². The molecule has 1 aromatic rings. The molecule has 0 aliphatic heterocycles. The Morgan fingerprint density at radius 3 is 2.75 bits per heavy atom. The van der Waals surface area contributed by atoms with Crippen LogP contribution in [0.15, 0.2) is 22.7 Å². The van der Waals surface area contributed by atoms with Gasteiger partial charge < -0.3 is 5.73 Å². The third kappa shape index (κ3) is 4.08. The number of rotatable bonds is 5. The zero-order chi connectivity index (χ0) is 12.1. The third-order valence-corrected chi connectivity index (χ3v) is 3.63. The molecule has 0 saturated carbocycles. The van der Waals surface area contributed by atoms with Crippen LogP contribution in [0.4, 0.5) is 0 Å². The average Bonchev–Trinajstić information content (AvgIpc) is 2.21. The topological polar surface area (TPSA) is 26.0 Å². The summed E-state index contributed by atoms with van der Waals surface area (Å²) in [6.07, 6.45) is 3.42. The average molecular weight is 305 g/mol. The van der Waals surface area contributed by atoms with E-state index in [1.165, 1.54) is 12.8 Å². The molecule has 16 heavy (non-hydrogen) atoms. The summed E-state index contributed by atoms with van der Waals surface area (Å²) < 4.78 is 1.03. The lowest BCUT2D eigenvalue weighted by molar-refractivity contribution is 0.440. The fraction of sp³-hybridized carbons (Fsp3) is 0.538. The fourth-order valence-corrected chi connectivity index (χ4v) is 2.61. The van der Waals surface area contributed by atoms with Crippen molar-refractivity contribution in [3.05, 3.63) is 33.3 Å². The van der Waals surface area contributed by atoms with E-state index in [1.807, 2.05) is 18.2 Å². The van der Waals surface area contributed by atoms with Gasteiger partial charge in [-0.1, -0.05) is 54.2 Å². The lowest BCUT2D eigenvalue weighted by Crippen LogP contribution is -2.14. The van der Waals surface area contributed by atoms with Crippen LogP contribution in [0, 0.1) is 5.92 Å². The molecule has 0 bridgehead atoms. The molecule has 0 spiro atoms. The minimum absolute atomic E-state index is 0.0338. The zero-order valence-electron chi connectivity index (χ0n) is 9.84. The van der Waals surface area contributed by atoms with Crippen molar-refractivity contribution in [2.75, 3.05) is 0 Å². The number of benzene rings is 1. The van der Waals surface area contributed by atoms with Crippen LogP contribution >= 0.6 is 27.5 Å². The maximum absolute atomic E-state index is 6.19. The monoisotopic (exact) mass is 303 g/mol. The molecule has 2 atom stereocenters. The van der Waals surface area contributed by atoms with Gasteiger partial charge in [-0.3, -0.25) is 0 Å². The molecule has 0 radical (unpaired) electrons. The van der Waals surface area contributed by atoms with Gasteiger partial charge in [0.25, 0.3) is 0 Å².